The van der Waals surface area contributed by atoms with Gasteiger partial charge in [0.1, 0.15) is 6.61 Å². The van der Waals surface area contributed by atoms with Gasteiger partial charge in [-0.15, -0.1) is 0 Å². The molecule has 14 nitrogen and oxygen atoms in total. The summed E-state index contributed by atoms with van der Waals surface area (Å²) >= 11 is 0. The molecule has 24 atom stereocenters. The molecular weight excluding hydrogens is 1330 g/mol. The molecule has 0 amide bonds. The molecule has 2 aromatic carbocycles. The largest absolute Gasteiger partial charge is 1.00 e. The van der Waals surface area contributed by atoms with E-state index in [2.05, 4.69) is 135 Å². The van der Waals surface area contributed by atoms with E-state index in [0.29, 0.717) is 79.7 Å². The van der Waals surface area contributed by atoms with E-state index in [9.17, 15) is 23.1 Å². The number of fused-ring (bicyclic) bond motifs is 6. The molecule has 0 aromatic heterocycles. The van der Waals surface area contributed by atoms with Crippen LogP contribution in [0, 0.1) is 132 Å². The number of nitrogens with one attached hydrogen (secondary N) is 1. The van der Waals surface area contributed by atoms with Crippen molar-refractivity contribution in [3.63, 3.8) is 0 Å². The molecule has 2 aromatic rings. The third-order valence-corrected chi connectivity index (χ3v) is 35.0. The number of hydrogen-bond acceptors (Lipinski definition) is 12. The zero-order valence-electron chi connectivity index (χ0n) is 69.9. The number of esters is 1. The first-order valence-electron chi connectivity index (χ1n) is 40.2. The van der Waals surface area contributed by atoms with Crippen LogP contribution in [0.25, 0.3) is 0 Å². The molecule has 0 radical (unpaired) electrons. The van der Waals surface area contributed by atoms with Crippen LogP contribution < -0.4 is 40.0 Å². The van der Waals surface area contributed by atoms with Gasteiger partial charge < -0.3 is 45.4 Å². The van der Waals surface area contributed by atoms with E-state index in [4.69, 9.17) is 38.9 Å². The van der Waals surface area contributed by atoms with Crippen molar-refractivity contribution < 1.29 is 87.3 Å². The number of methoxy groups -OCH3 is 2. The molecule has 8 fully saturated rings. The minimum Gasteiger partial charge on any atom is -1.00 e. The average molecular weight is 1470 g/mol. The number of benzene rings is 2. The number of nitrogens with two attached hydrogens (primary N) is 1. The predicted molar refractivity (Wildman–Crippen MR) is 410 cm³/mol. The molecule has 2 aliphatic heterocycles. The number of rotatable bonds is 21. The average Bonchev–Trinajstić information content (AvgIpc) is 0.676. The number of aliphatic carboxylic acids is 1. The molecule has 16 heteroatoms. The summed E-state index contributed by atoms with van der Waals surface area (Å²) in [5.74, 6) is 1.95. The number of allylic oxidation sites excluding steroid dienone is 2. The van der Waals surface area contributed by atoms with Crippen molar-refractivity contribution >= 4 is 22.0 Å². The molecule has 6 saturated carbocycles. The zero-order valence-corrected chi connectivity index (χ0v) is 71.8. The molecule has 0 unspecified atom stereocenters. The van der Waals surface area contributed by atoms with Crippen LogP contribution in [0.4, 0.5) is 0 Å². The second-order valence-electron chi connectivity index (χ2n) is 39.5. The Labute approximate surface area is 652 Å². The maximum Gasteiger partial charge on any atom is 1.00 e. The Morgan fingerprint density at radius 3 is 1.48 bits per heavy atom. The van der Waals surface area contributed by atoms with Gasteiger partial charge in [-0.05, 0) is 207 Å². The van der Waals surface area contributed by atoms with E-state index in [1.165, 1.54) is 5.57 Å². The van der Waals surface area contributed by atoms with Gasteiger partial charge in [0.05, 0.1) is 86.3 Å². The van der Waals surface area contributed by atoms with Gasteiger partial charge in [-0.3, -0.25) is 9.59 Å². The van der Waals surface area contributed by atoms with E-state index in [1.54, 1.807) is 24.8 Å². The van der Waals surface area contributed by atoms with Gasteiger partial charge in [0, 0.05) is 41.4 Å². The summed E-state index contributed by atoms with van der Waals surface area (Å²) in [6.07, 6.45) is 16.1. The van der Waals surface area contributed by atoms with Crippen molar-refractivity contribution in [1.29, 1.82) is 0 Å². The van der Waals surface area contributed by atoms with Crippen molar-refractivity contribution in [1.82, 2.24) is 4.72 Å². The Bertz CT molecular complexity index is 3590. The second kappa shape index (κ2) is 29.9. The summed E-state index contributed by atoms with van der Waals surface area (Å²) in [5.41, 5.74) is 8.36. The predicted octanol–water partition coefficient (Wildman–Crippen LogP) is 14.8. The van der Waals surface area contributed by atoms with Crippen LogP contribution in [0.1, 0.15) is 228 Å². The number of carbonyl (C=O) groups is 2. The minimum absolute atomic E-state index is 0. The Balaban J connectivity index is 0.000000251. The van der Waals surface area contributed by atoms with Crippen LogP contribution in [0.15, 0.2) is 82.8 Å². The summed E-state index contributed by atoms with van der Waals surface area (Å²) < 4.78 is 76.9. The molecule has 4 bridgehead atoms. The second-order valence-corrected chi connectivity index (χ2v) is 41.2. The first kappa shape index (κ1) is 84.0. The smallest absolute Gasteiger partial charge is 1.00 e. The summed E-state index contributed by atoms with van der Waals surface area (Å²) in [5, 5.41) is 10.9. The topological polar surface area (TPSA) is 191 Å². The Morgan fingerprint density at radius 2 is 1.06 bits per heavy atom. The number of carbonyl (C=O) groups excluding carboxylic acids is 1. The van der Waals surface area contributed by atoms with E-state index in [0.717, 1.165) is 94.8 Å². The molecule has 0 spiro atoms. The fourth-order valence-corrected chi connectivity index (χ4v) is 26.6. The molecule has 4 N–H and O–H groups in total. The summed E-state index contributed by atoms with van der Waals surface area (Å²) in [4.78, 5) is 28.4. The van der Waals surface area contributed by atoms with Gasteiger partial charge in [0.25, 0.3) is 0 Å². The molecule has 8 aliphatic carbocycles. The van der Waals surface area contributed by atoms with Crippen molar-refractivity contribution in [3.05, 3.63) is 89.0 Å². The first-order chi connectivity index (χ1) is 48.0. The van der Waals surface area contributed by atoms with Gasteiger partial charge >= 0.3 is 41.5 Å². The fraction of sp³-hybridized carbons (Fsp3) is 0.795. The van der Waals surface area contributed by atoms with Crippen LogP contribution in [-0.2, 0) is 59.4 Å². The zero-order chi connectivity index (χ0) is 75.6. The number of hydrogen-bond donors (Lipinski definition) is 3. The third-order valence-electron chi connectivity index (χ3n) is 33.4. The third kappa shape index (κ3) is 13.4. The molecule has 2 heterocycles. The van der Waals surface area contributed by atoms with Gasteiger partial charge in [0.2, 0.25) is 10.0 Å². The minimum atomic E-state index is -3.80. The molecule has 12 rings (SSSR count). The van der Waals surface area contributed by atoms with Crippen LogP contribution >= 0.6 is 0 Å². The number of carboxylic acids is 1. The summed E-state index contributed by atoms with van der Waals surface area (Å²) in [6, 6.07) is 17.1. The van der Waals surface area contributed by atoms with E-state index in [1.807, 2.05) is 77.3 Å². The van der Waals surface area contributed by atoms with Crippen LogP contribution in [0.5, 0.6) is 0 Å². The van der Waals surface area contributed by atoms with Crippen molar-refractivity contribution in [3.8, 4) is 0 Å². The van der Waals surface area contributed by atoms with Gasteiger partial charge in [-0.25, -0.2) is 13.1 Å². The van der Waals surface area contributed by atoms with Gasteiger partial charge in [-0.1, -0.05) is 196 Å². The Hall–Kier alpha value is -2.51. The number of sulfonamides is 1. The first-order valence-corrected chi connectivity index (χ1v) is 41.6. The summed E-state index contributed by atoms with van der Waals surface area (Å²) in [7, 11) is -0.161. The standard InChI is InChI=1S/C51H75NO7S.C37H63NO5.Na.H/c1-33(2)36(6)46(7)26-27-48(9)39-22-23-42-47(8)30-57-32-51(42,40(39)24-25-49(48,10)43(46)45(53)58-29-37-16-14-13-15-17-37)28-41(56-12)44(47)59-31-50(11,34(3)4)52-60(54,55)38-20-18-35(5)19-21-38;1-22(2)24(5)32(6)16-17-34(8)25-12-13-28-33(7)19-42-21-37(28,26(25)14-15-35(34,9)29(32)31(39)40)18-27(41-11)30(33)43-20-36(10,38)23(3)4;;/h13-21,24,33-34,36,39,41-44,52H,22-23,25-32H2,1-12H3;14,22-25,27-30H,12-13,15-21,38H2,1-11H3,(H,39,40);;/q;;+1;-1/t36-,39+,41-,42+,43-,44+,46-,47-,48-,49+,50+,51+;24-,25+,27-,28+,29-,30+,32-,33-,34-,35+,36-,37+;;/m11../s1. The van der Waals surface area contributed by atoms with Crippen LogP contribution in [0.2, 0.25) is 0 Å². The van der Waals surface area contributed by atoms with Crippen LogP contribution in [0.3, 0.4) is 0 Å². The Morgan fingerprint density at radius 1 is 0.615 bits per heavy atom. The van der Waals surface area contributed by atoms with Gasteiger partial charge in [-0.2, -0.15) is 0 Å². The maximum atomic E-state index is 14.8. The fourth-order valence-electron chi connectivity index (χ4n) is 25.0. The number of carboxylic acid groups (broad SMARTS) is 1. The van der Waals surface area contributed by atoms with Crippen molar-refractivity contribution in [2.45, 2.75) is 269 Å². The Kier molecular flexibility index (Phi) is 24.1. The van der Waals surface area contributed by atoms with Gasteiger partial charge in [0.15, 0.2) is 0 Å². The van der Waals surface area contributed by atoms with Crippen molar-refractivity contribution in [2.75, 3.05) is 53.9 Å². The quantitative estimate of drug-likeness (QED) is 0.0608. The van der Waals surface area contributed by atoms with Crippen LogP contribution in [-0.4, -0.2) is 115 Å². The van der Waals surface area contributed by atoms with E-state index in [-0.39, 0.29) is 151 Å². The van der Waals surface area contributed by atoms with Crippen molar-refractivity contribution in [2.24, 2.45) is 131 Å². The molecule has 104 heavy (non-hydrogen) atoms. The SMILES string of the molecule is CO[C@@H]1C[C@@]23COC[C@](C)([C@@H]2CC[C@H]2C3=CC[C@@]3(C)[C@H](C(=O)O)[C@@](C)([C@H](C)C(C)C)CC[C@]23C)[C@H]1OC[C@@](C)(N)C(C)C.CO[C@@H]1C[C@@]23COC[C@](C)([C@@H]2CC[C@H]2C3=CC[C@@]3(C)[C@H](C(=O)OCc4ccccc4)[C@@](C)([C@H](C)C(C)C)CC[C@]23C)[C@H]1OC[C@](C)(NS(=O)(=O)c1ccc(C)cc1)C(C)C.[H-].[Na+]. The van der Waals surface area contributed by atoms with E-state index >= 15 is 0 Å². The molecule has 10 aliphatic rings. The van der Waals surface area contributed by atoms with E-state index < -0.39 is 27.1 Å². The summed E-state index contributed by atoms with van der Waals surface area (Å²) in [6.45, 7) is 50.9. The number of aryl methyl sites for hydroxylation is 1. The molecule has 2 saturated heterocycles. The number of ether oxygens (including phenoxy) is 7. The molecule has 580 valence electrons. The molecular formula is C88H139N2NaO12S. The maximum absolute atomic E-state index is 14.8. The normalized spacial score (nSPS) is 41.7. The monoisotopic (exact) mass is 1470 g/mol.